The Hall–Kier alpha value is -2.64. The number of carboxylic acids is 1. The van der Waals surface area contributed by atoms with Crippen LogP contribution in [0.25, 0.3) is 0 Å². The molecule has 2 atom stereocenters. The number of carbonyl (C=O) groups is 2. The van der Waals surface area contributed by atoms with E-state index in [2.05, 4.69) is 15.4 Å². The Labute approximate surface area is 119 Å². The largest absolute Gasteiger partial charge is 0.481 e. The van der Waals surface area contributed by atoms with Gasteiger partial charge in [0.25, 0.3) is 5.91 Å². The molecular weight excluding hydrogens is 276 g/mol. The van der Waals surface area contributed by atoms with Gasteiger partial charge in [0, 0.05) is 19.0 Å². The molecule has 1 aliphatic rings. The second-order valence-corrected chi connectivity index (χ2v) is 5.05. The molecule has 0 radical (unpaired) electrons. The molecule has 1 fully saturated rings. The van der Waals surface area contributed by atoms with Gasteiger partial charge in [0.2, 0.25) is 0 Å². The number of likely N-dealkylation sites (tertiary alicyclic amines) is 1. The first-order valence-corrected chi connectivity index (χ1v) is 6.55. The number of H-pyrrole nitrogens is 1. The zero-order valence-corrected chi connectivity index (χ0v) is 11.1. The summed E-state index contributed by atoms with van der Waals surface area (Å²) in [6.45, 7) is 0.771. The lowest BCUT2D eigenvalue weighted by molar-refractivity contribution is -0.138. The van der Waals surface area contributed by atoms with Crippen molar-refractivity contribution in [3.63, 3.8) is 0 Å². The number of furan rings is 1. The fourth-order valence-electron chi connectivity index (χ4n) is 2.75. The molecule has 1 saturated heterocycles. The van der Waals surface area contributed by atoms with Crippen LogP contribution in [0.3, 0.4) is 0 Å². The number of carboxylic acid groups (broad SMARTS) is 1. The molecule has 0 saturated carbocycles. The predicted octanol–water partition coefficient (Wildman–Crippen LogP) is 0.728. The molecule has 2 N–H and O–H groups in total. The van der Waals surface area contributed by atoms with Crippen LogP contribution in [-0.2, 0) is 4.79 Å². The van der Waals surface area contributed by atoms with E-state index in [1.165, 1.54) is 6.26 Å². The molecular formula is C13H14N4O4. The molecule has 0 spiro atoms. The standard InChI is InChI=1S/C13H14N4O4/c18-12(19)4-8-6-17(13(20)11-2-1-3-21-11)7-9(8)10-5-14-16-15-10/h1-3,5,8-9H,4,6-7H2,(H,18,19)(H,14,15,16)/t8-,9+/m0/s1. The maximum absolute atomic E-state index is 12.3. The molecule has 0 aromatic carbocycles. The van der Waals surface area contributed by atoms with E-state index < -0.39 is 5.97 Å². The lowest BCUT2D eigenvalue weighted by atomic mass is 9.91. The molecule has 0 bridgehead atoms. The summed E-state index contributed by atoms with van der Waals surface area (Å²) in [7, 11) is 0. The zero-order valence-electron chi connectivity index (χ0n) is 11.1. The molecule has 2 aromatic rings. The molecule has 1 amide bonds. The summed E-state index contributed by atoms with van der Waals surface area (Å²) in [4.78, 5) is 24.9. The molecule has 110 valence electrons. The van der Waals surface area contributed by atoms with Crippen LogP contribution in [0.4, 0.5) is 0 Å². The van der Waals surface area contributed by atoms with Gasteiger partial charge in [-0.15, -0.1) is 0 Å². The highest BCUT2D eigenvalue weighted by Gasteiger charge is 2.39. The van der Waals surface area contributed by atoms with Crippen LogP contribution < -0.4 is 0 Å². The Bertz CT molecular complexity index is 623. The van der Waals surface area contributed by atoms with Crippen LogP contribution in [0.1, 0.15) is 28.6 Å². The number of aromatic amines is 1. The van der Waals surface area contributed by atoms with E-state index in [1.807, 2.05) is 0 Å². The minimum Gasteiger partial charge on any atom is -0.481 e. The van der Waals surface area contributed by atoms with E-state index in [-0.39, 0.29) is 29.9 Å². The van der Waals surface area contributed by atoms with E-state index in [4.69, 9.17) is 9.52 Å². The number of hydrogen-bond acceptors (Lipinski definition) is 5. The minimum absolute atomic E-state index is 0.0144. The first kappa shape index (κ1) is 13.3. The van der Waals surface area contributed by atoms with Gasteiger partial charge in [-0.2, -0.15) is 15.4 Å². The van der Waals surface area contributed by atoms with Gasteiger partial charge in [-0.25, -0.2) is 0 Å². The Balaban J connectivity index is 1.80. The van der Waals surface area contributed by atoms with E-state index in [9.17, 15) is 9.59 Å². The van der Waals surface area contributed by atoms with Crippen LogP contribution in [0.5, 0.6) is 0 Å². The highest BCUT2D eigenvalue weighted by molar-refractivity contribution is 5.91. The SMILES string of the molecule is O=C(O)C[C@H]1CN(C(=O)c2ccco2)C[C@H]1c1cn[nH]n1. The zero-order chi connectivity index (χ0) is 14.8. The van der Waals surface area contributed by atoms with Crippen molar-refractivity contribution in [3.8, 4) is 0 Å². The number of aliphatic carboxylic acids is 1. The third kappa shape index (κ3) is 2.64. The van der Waals surface area contributed by atoms with Crippen molar-refractivity contribution < 1.29 is 19.1 Å². The number of carbonyl (C=O) groups excluding carboxylic acids is 1. The van der Waals surface area contributed by atoms with Crippen LogP contribution in [0, 0.1) is 5.92 Å². The fraction of sp³-hybridized carbons (Fsp3) is 0.385. The van der Waals surface area contributed by atoms with Crippen molar-refractivity contribution in [2.45, 2.75) is 12.3 Å². The quantitative estimate of drug-likeness (QED) is 0.858. The van der Waals surface area contributed by atoms with E-state index >= 15 is 0 Å². The molecule has 0 aliphatic carbocycles. The van der Waals surface area contributed by atoms with Crippen LogP contribution in [0.2, 0.25) is 0 Å². The van der Waals surface area contributed by atoms with Crippen LogP contribution in [-0.4, -0.2) is 50.4 Å². The summed E-state index contributed by atoms with van der Waals surface area (Å²) in [5.41, 5.74) is 0.677. The van der Waals surface area contributed by atoms with Gasteiger partial charge >= 0.3 is 5.97 Å². The normalized spacial score (nSPS) is 21.6. The average Bonchev–Trinajstić information content (AvgIpc) is 3.18. The number of nitrogens with zero attached hydrogens (tertiary/aromatic N) is 3. The van der Waals surface area contributed by atoms with E-state index in [1.54, 1.807) is 23.2 Å². The predicted molar refractivity (Wildman–Crippen MR) is 69.5 cm³/mol. The summed E-state index contributed by atoms with van der Waals surface area (Å²) in [5.74, 6) is -1.20. The van der Waals surface area contributed by atoms with Gasteiger partial charge in [-0.05, 0) is 18.1 Å². The number of amides is 1. The average molecular weight is 290 g/mol. The summed E-state index contributed by atoms with van der Waals surface area (Å²) in [6.07, 6.45) is 2.99. The van der Waals surface area contributed by atoms with Crippen LogP contribution in [0.15, 0.2) is 29.0 Å². The second kappa shape index (κ2) is 5.39. The van der Waals surface area contributed by atoms with Gasteiger partial charge in [0.05, 0.1) is 24.6 Å². The van der Waals surface area contributed by atoms with Crippen molar-refractivity contribution >= 4 is 11.9 Å². The number of rotatable bonds is 4. The smallest absolute Gasteiger partial charge is 0.303 e. The Kier molecular flexibility index (Phi) is 3.43. The molecule has 0 unspecified atom stereocenters. The Morgan fingerprint density at radius 1 is 1.48 bits per heavy atom. The van der Waals surface area contributed by atoms with Crippen molar-refractivity contribution in [3.05, 3.63) is 36.0 Å². The van der Waals surface area contributed by atoms with Crippen molar-refractivity contribution in [2.24, 2.45) is 5.92 Å². The summed E-state index contributed by atoms with van der Waals surface area (Å²) in [6, 6.07) is 3.24. The first-order valence-electron chi connectivity index (χ1n) is 6.55. The Morgan fingerprint density at radius 2 is 2.33 bits per heavy atom. The first-order chi connectivity index (χ1) is 10.1. The van der Waals surface area contributed by atoms with Crippen molar-refractivity contribution in [2.75, 3.05) is 13.1 Å². The third-order valence-corrected chi connectivity index (χ3v) is 3.71. The number of aromatic nitrogens is 3. The van der Waals surface area contributed by atoms with E-state index in [0.717, 1.165) is 0 Å². The van der Waals surface area contributed by atoms with Gasteiger partial charge in [0.15, 0.2) is 5.76 Å². The van der Waals surface area contributed by atoms with Gasteiger partial charge < -0.3 is 14.4 Å². The summed E-state index contributed by atoms with van der Waals surface area (Å²) in [5, 5.41) is 19.3. The molecule has 3 rings (SSSR count). The van der Waals surface area contributed by atoms with Gasteiger partial charge in [-0.1, -0.05) is 0 Å². The summed E-state index contributed by atoms with van der Waals surface area (Å²) < 4.78 is 5.11. The molecule has 8 nitrogen and oxygen atoms in total. The second-order valence-electron chi connectivity index (χ2n) is 5.05. The minimum atomic E-state index is -0.888. The fourth-order valence-corrected chi connectivity index (χ4v) is 2.75. The van der Waals surface area contributed by atoms with Gasteiger partial charge in [-0.3, -0.25) is 9.59 Å². The lowest BCUT2D eigenvalue weighted by Gasteiger charge is -2.14. The van der Waals surface area contributed by atoms with Gasteiger partial charge in [0.1, 0.15) is 0 Å². The lowest BCUT2D eigenvalue weighted by Crippen LogP contribution is -2.28. The highest BCUT2D eigenvalue weighted by Crippen LogP contribution is 2.34. The maximum atomic E-state index is 12.3. The number of hydrogen-bond donors (Lipinski definition) is 2. The maximum Gasteiger partial charge on any atom is 0.303 e. The molecule has 21 heavy (non-hydrogen) atoms. The van der Waals surface area contributed by atoms with Crippen molar-refractivity contribution in [1.29, 1.82) is 0 Å². The molecule has 1 aliphatic heterocycles. The molecule has 2 aromatic heterocycles. The molecule has 8 heteroatoms. The number of nitrogens with one attached hydrogen (secondary N) is 1. The topological polar surface area (TPSA) is 112 Å². The third-order valence-electron chi connectivity index (χ3n) is 3.71. The highest BCUT2D eigenvalue weighted by atomic mass is 16.4. The monoisotopic (exact) mass is 290 g/mol. The van der Waals surface area contributed by atoms with Crippen molar-refractivity contribution in [1.82, 2.24) is 20.3 Å². The van der Waals surface area contributed by atoms with E-state index in [0.29, 0.717) is 18.8 Å². The molecule has 3 heterocycles. The summed E-state index contributed by atoms with van der Waals surface area (Å²) >= 11 is 0. The van der Waals surface area contributed by atoms with Crippen LogP contribution >= 0.6 is 0 Å². The Morgan fingerprint density at radius 3 is 2.95 bits per heavy atom.